The molecule has 90 valence electrons. The van der Waals surface area contributed by atoms with Gasteiger partial charge in [0.25, 0.3) is 0 Å². The van der Waals surface area contributed by atoms with Crippen LogP contribution in [0.2, 0.25) is 0 Å². The fraction of sp³-hybridized carbons (Fsp3) is 0.600. The zero-order chi connectivity index (χ0) is 12.6. The van der Waals surface area contributed by atoms with Crippen LogP contribution in [0.25, 0.3) is 0 Å². The molecule has 0 heterocycles. The fourth-order valence-corrected chi connectivity index (χ4v) is 2.69. The van der Waals surface area contributed by atoms with Crippen molar-refractivity contribution >= 4 is 15.9 Å². The number of halogens is 1. The van der Waals surface area contributed by atoms with Gasteiger partial charge in [0.2, 0.25) is 0 Å². The predicted molar refractivity (Wildman–Crippen MR) is 76.5 cm³/mol. The molecule has 1 rings (SSSR count). The lowest BCUT2D eigenvalue weighted by molar-refractivity contribution is 0.527. The molecule has 0 spiro atoms. The van der Waals surface area contributed by atoms with Crippen LogP contribution in [0.15, 0.2) is 18.2 Å². The molecule has 0 atom stereocenters. The van der Waals surface area contributed by atoms with Crippen molar-refractivity contribution in [3.8, 4) is 0 Å². The first-order chi connectivity index (χ1) is 7.18. The Morgan fingerprint density at radius 2 is 1.50 bits per heavy atom. The highest BCUT2D eigenvalue weighted by molar-refractivity contribution is 9.08. The SMILES string of the molecule is CC(C)(C)c1cccc(CBr)c1C(C)(C)C. The number of rotatable bonds is 1. The third-order valence-electron chi connectivity index (χ3n) is 2.85. The van der Waals surface area contributed by atoms with Crippen molar-refractivity contribution in [2.45, 2.75) is 57.7 Å². The van der Waals surface area contributed by atoms with Crippen molar-refractivity contribution in [3.05, 3.63) is 34.9 Å². The van der Waals surface area contributed by atoms with Gasteiger partial charge in [-0.25, -0.2) is 0 Å². The van der Waals surface area contributed by atoms with E-state index in [0.29, 0.717) is 0 Å². The first-order valence-corrected chi connectivity index (χ1v) is 6.99. The molecule has 16 heavy (non-hydrogen) atoms. The molecule has 0 saturated heterocycles. The Bertz CT molecular complexity index is 364. The summed E-state index contributed by atoms with van der Waals surface area (Å²) in [6, 6.07) is 6.67. The molecule has 0 amide bonds. The van der Waals surface area contributed by atoms with Gasteiger partial charge in [0.05, 0.1) is 0 Å². The average Bonchev–Trinajstić information content (AvgIpc) is 2.13. The number of alkyl halides is 1. The van der Waals surface area contributed by atoms with Crippen LogP contribution < -0.4 is 0 Å². The second-order valence-electron chi connectivity index (χ2n) is 6.47. The summed E-state index contributed by atoms with van der Waals surface area (Å²) in [5.74, 6) is 0. The first kappa shape index (κ1) is 13.8. The van der Waals surface area contributed by atoms with Crippen LogP contribution in [0.4, 0.5) is 0 Å². The second kappa shape index (κ2) is 4.52. The minimum absolute atomic E-state index is 0.201. The van der Waals surface area contributed by atoms with Gasteiger partial charge < -0.3 is 0 Å². The summed E-state index contributed by atoms with van der Waals surface area (Å²) in [4.78, 5) is 0. The van der Waals surface area contributed by atoms with E-state index in [0.717, 1.165) is 5.33 Å². The van der Waals surface area contributed by atoms with Crippen LogP contribution in [0.3, 0.4) is 0 Å². The van der Waals surface area contributed by atoms with Gasteiger partial charge in [-0.1, -0.05) is 75.7 Å². The van der Waals surface area contributed by atoms with E-state index in [2.05, 4.69) is 75.7 Å². The summed E-state index contributed by atoms with van der Waals surface area (Å²) in [6.07, 6.45) is 0. The lowest BCUT2D eigenvalue weighted by Crippen LogP contribution is -2.23. The monoisotopic (exact) mass is 282 g/mol. The summed E-state index contributed by atoms with van der Waals surface area (Å²) in [5, 5.41) is 0.934. The Morgan fingerprint density at radius 3 is 1.88 bits per heavy atom. The molecule has 0 fully saturated rings. The van der Waals surface area contributed by atoms with E-state index < -0.39 is 0 Å². The molecule has 1 heteroatoms. The summed E-state index contributed by atoms with van der Waals surface area (Å²) >= 11 is 3.60. The second-order valence-corrected chi connectivity index (χ2v) is 7.03. The normalized spacial score (nSPS) is 12.9. The Balaban J connectivity index is 3.51. The van der Waals surface area contributed by atoms with Gasteiger partial charge in [-0.15, -0.1) is 0 Å². The van der Waals surface area contributed by atoms with Crippen molar-refractivity contribution in [1.29, 1.82) is 0 Å². The van der Waals surface area contributed by atoms with Gasteiger partial charge in [0.1, 0.15) is 0 Å². The molecule has 0 N–H and O–H groups in total. The molecule has 1 aromatic rings. The summed E-state index contributed by atoms with van der Waals surface area (Å²) in [7, 11) is 0. The minimum Gasteiger partial charge on any atom is -0.0876 e. The largest absolute Gasteiger partial charge is 0.0876 e. The van der Waals surface area contributed by atoms with Crippen molar-refractivity contribution < 1.29 is 0 Å². The molecular formula is C15H23Br. The van der Waals surface area contributed by atoms with Gasteiger partial charge in [-0.05, 0) is 27.5 Å². The third kappa shape index (κ3) is 2.88. The molecule has 0 aliphatic heterocycles. The van der Waals surface area contributed by atoms with Crippen molar-refractivity contribution in [2.75, 3.05) is 0 Å². The van der Waals surface area contributed by atoms with E-state index in [1.165, 1.54) is 16.7 Å². The first-order valence-electron chi connectivity index (χ1n) is 5.86. The van der Waals surface area contributed by atoms with Gasteiger partial charge >= 0.3 is 0 Å². The highest BCUT2D eigenvalue weighted by atomic mass is 79.9. The zero-order valence-corrected chi connectivity index (χ0v) is 12.9. The van der Waals surface area contributed by atoms with Crippen LogP contribution in [-0.2, 0) is 16.2 Å². The Morgan fingerprint density at radius 1 is 0.938 bits per heavy atom. The Kier molecular flexibility index (Phi) is 3.89. The summed E-state index contributed by atoms with van der Waals surface area (Å²) < 4.78 is 0. The van der Waals surface area contributed by atoms with E-state index in [4.69, 9.17) is 0 Å². The van der Waals surface area contributed by atoms with Crippen molar-refractivity contribution in [3.63, 3.8) is 0 Å². The van der Waals surface area contributed by atoms with E-state index in [1.807, 2.05) is 0 Å². The van der Waals surface area contributed by atoms with E-state index in [9.17, 15) is 0 Å². The highest BCUT2D eigenvalue weighted by Gasteiger charge is 2.26. The topological polar surface area (TPSA) is 0 Å². The molecule has 0 bridgehead atoms. The maximum Gasteiger partial charge on any atom is 0.0286 e. The molecule has 0 aromatic heterocycles. The van der Waals surface area contributed by atoms with E-state index in [-0.39, 0.29) is 10.8 Å². The van der Waals surface area contributed by atoms with Gasteiger partial charge in [0.15, 0.2) is 0 Å². The maximum absolute atomic E-state index is 3.60. The molecule has 0 radical (unpaired) electrons. The summed E-state index contributed by atoms with van der Waals surface area (Å²) in [6.45, 7) is 13.7. The fourth-order valence-electron chi connectivity index (χ4n) is 2.22. The molecule has 0 aliphatic carbocycles. The lowest BCUT2D eigenvalue weighted by Gasteiger charge is -2.32. The van der Waals surface area contributed by atoms with Gasteiger partial charge in [-0.2, -0.15) is 0 Å². The zero-order valence-electron chi connectivity index (χ0n) is 11.3. The van der Waals surface area contributed by atoms with Crippen LogP contribution in [0, 0.1) is 0 Å². The number of hydrogen-bond acceptors (Lipinski definition) is 0. The van der Waals surface area contributed by atoms with Gasteiger partial charge in [-0.3, -0.25) is 0 Å². The Labute approximate surface area is 109 Å². The Hall–Kier alpha value is -0.300. The molecule has 0 aliphatic rings. The number of hydrogen-bond donors (Lipinski definition) is 0. The van der Waals surface area contributed by atoms with Gasteiger partial charge in [0, 0.05) is 5.33 Å². The van der Waals surface area contributed by atoms with Crippen LogP contribution in [0.1, 0.15) is 58.2 Å². The minimum atomic E-state index is 0.201. The molecule has 0 unspecified atom stereocenters. The molecule has 0 saturated carbocycles. The average molecular weight is 283 g/mol. The van der Waals surface area contributed by atoms with E-state index in [1.54, 1.807) is 0 Å². The van der Waals surface area contributed by atoms with Crippen LogP contribution >= 0.6 is 15.9 Å². The number of benzene rings is 1. The van der Waals surface area contributed by atoms with Crippen LogP contribution in [0.5, 0.6) is 0 Å². The predicted octanol–water partition coefficient (Wildman–Crippen LogP) is 5.18. The van der Waals surface area contributed by atoms with E-state index >= 15 is 0 Å². The highest BCUT2D eigenvalue weighted by Crippen LogP contribution is 2.36. The van der Waals surface area contributed by atoms with Crippen LogP contribution in [-0.4, -0.2) is 0 Å². The molecule has 0 nitrogen and oxygen atoms in total. The summed E-state index contributed by atoms with van der Waals surface area (Å²) in [5.41, 5.74) is 4.80. The molecular weight excluding hydrogens is 260 g/mol. The maximum atomic E-state index is 3.60. The molecule has 1 aromatic carbocycles. The smallest absolute Gasteiger partial charge is 0.0286 e. The lowest BCUT2D eigenvalue weighted by atomic mass is 9.73. The third-order valence-corrected chi connectivity index (χ3v) is 3.46. The van der Waals surface area contributed by atoms with Crippen molar-refractivity contribution in [1.82, 2.24) is 0 Å². The quantitative estimate of drug-likeness (QED) is 0.623. The standard InChI is InChI=1S/C15H23Br/c1-14(2,3)12-9-7-8-11(10-16)13(12)15(4,5)6/h7-9H,10H2,1-6H3. The van der Waals surface area contributed by atoms with Crippen molar-refractivity contribution in [2.24, 2.45) is 0 Å².